The largest absolute Gasteiger partial charge is 0.481 e. The molecule has 0 amide bonds. The second-order valence-electron chi connectivity index (χ2n) is 13.1. The van der Waals surface area contributed by atoms with E-state index in [1.54, 1.807) is 6.08 Å². The van der Waals surface area contributed by atoms with E-state index in [1.165, 1.54) is 32.1 Å². The maximum Gasteiger partial charge on any atom is 0.309 e. The maximum atomic E-state index is 12.4. The Kier molecular flexibility index (Phi) is 6.18. The maximum absolute atomic E-state index is 12.4. The highest BCUT2D eigenvalue weighted by Gasteiger charge is 2.69. The molecule has 5 aliphatic carbocycles. The molecule has 0 bridgehead atoms. The van der Waals surface area contributed by atoms with Crippen molar-refractivity contribution < 1.29 is 15.0 Å². The van der Waals surface area contributed by atoms with E-state index in [-0.39, 0.29) is 11.5 Å². The van der Waals surface area contributed by atoms with Gasteiger partial charge in [-0.3, -0.25) is 4.79 Å². The highest BCUT2D eigenvalue weighted by molar-refractivity contribution is 5.76. The minimum absolute atomic E-state index is 0.117. The molecule has 5 rings (SSSR count). The lowest BCUT2D eigenvalue weighted by Crippen LogP contribution is -2.65. The second kappa shape index (κ2) is 8.14. The third kappa shape index (κ3) is 3.05. The Balaban J connectivity index is 0.000000775. The predicted octanol–water partition coefficient (Wildman–Crippen LogP) is 7.09. The lowest BCUT2D eigenvalue weighted by Gasteiger charge is -2.71. The van der Waals surface area contributed by atoms with E-state index in [9.17, 15) is 15.0 Å². The molecule has 2 N–H and O–H groups in total. The highest BCUT2D eigenvalue weighted by Crippen LogP contribution is 2.75. The van der Waals surface area contributed by atoms with Crippen LogP contribution in [0.5, 0.6) is 0 Å². The van der Waals surface area contributed by atoms with Crippen LogP contribution in [0.3, 0.4) is 0 Å². The molecule has 0 saturated heterocycles. The number of carboxylic acid groups (broad SMARTS) is 1. The summed E-state index contributed by atoms with van der Waals surface area (Å²) in [6.07, 6.45) is 14.0. The number of hydrogen-bond acceptors (Lipinski definition) is 2. The van der Waals surface area contributed by atoms with Crippen molar-refractivity contribution in [1.29, 1.82) is 0 Å². The third-order valence-corrected chi connectivity index (χ3v) is 12.3. The van der Waals surface area contributed by atoms with Gasteiger partial charge in [-0.1, -0.05) is 40.2 Å². The molecule has 0 aromatic rings. The molecular formula is C29H48O3. The summed E-state index contributed by atoms with van der Waals surface area (Å²) in [5, 5.41) is 20.8. The van der Waals surface area contributed by atoms with Gasteiger partial charge in [0.25, 0.3) is 0 Å². The van der Waals surface area contributed by atoms with Crippen molar-refractivity contribution in [3.05, 3.63) is 12.7 Å². The smallest absolute Gasteiger partial charge is 0.309 e. The normalized spacial score (nSPS) is 54.1. The lowest BCUT2D eigenvalue weighted by molar-refractivity contribution is -0.234. The van der Waals surface area contributed by atoms with E-state index in [1.807, 2.05) is 6.92 Å². The molecule has 0 radical (unpaired) electrons. The molecule has 10 atom stereocenters. The van der Waals surface area contributed by atoms with Gasteiger partial charge in [0.1, 0.15) is 0 Å². The van der Waals surface area contributed by atoms with Crippen LogP contribution in [0, 0.1) is 51.2 Å². The van der Waals surface area contributed by atoms with Gasteiger partial charge in [-0.25, -0.2) is 0 Å². The lowest BCUT2D eigenvalue weighted by atomic mass is 9.33. The molecule has 0 aromatic carbocycles. The Morgan fingerprint density at radius 2 is 1.56 bits per heavy atom. The van der Waals surface area contributed by atoms with Crippen molar-refractivity contribution in [2.45, 2.75) is 111 Å². The Morgan fingerprint density at radius 3 is 2.22 bits per heavy atom. The molecule has 0 heterocycles. The van der Waals surface area contributed by atoms with Crippen molar-refractivity contribution in [3.8, 4) is 0 Å². The average Bonchev–Trinajstić information content (AvgIpc) is 3.18. The van der Waals surface area contributed by atoms with E-state index >= 15 is 0 Å². The Morgan fingerprint density at radius 1 is 0.875 bits per heavy atom. The summed E-state index contributed by atoms with van der Waals surface area (Å²) in [5.74, 6) is 2.28. The number of carbonyl (C=O) groups is 1. The van der Waals surface area contributed by atoms with E-state index in [0.717, 1.165) is 44.4 Å². The van der Waals surface area contributed by atoms with Crippen LogP contribution in [-0.2, 0) is 4.79 Å². The van der Waals surface area contributed by atoms with Crippen LogP contribution in [0.15, 0.2) is 12.7 Å². The summed E-state index contributed by atoms with van der Waals surface area (Å²) < 4.78 is 0. The zero-order valence-electron chi connectivity index (χ0n) is 21.3. The van der Waals surface area contributed by atoms with Gasteiger partial charge in [0.05, 0.1) is 11.5 Å². The van der Waals surface area contributed by atoms with Crippen molar-refractivity contribution >= 4 is 5.97 Å². The van der Waals surface area contributed by atoms with Crippen molar-refractivity contribution in [2.24, 2.45) is 51.2 Å². The summed E-state index contributed by atoms with van der Waals surface area (Å²) in [6.45, 7) is 15.3. The molecule has 5 fully saturated rings. The van der Waals surface area contributed by atoms with Crippen LogP contribution in [-0.4, -0.2) is 22.3 Å². The van der Waals surface area contributed by atoms with E-state index < -0.39 is 11.4 Å². The van der Waals surface area contributed by atoms with E-state index in [4.69, 9.17) is 0 Å². The van der Waals surface area contributed by atoms with E-state index in [0.29, 0.717) is 34.5 Å². The molecule has 5 aliphatic rings. The monoisotopic (exact) mass is 444 g/mol. The summed E-state index contributed by atoms with van der Waals surface area (Å²) in [6, 6.07) is 0. The predicted molar refractivity (Wildman–Crippen MR) is 130 cm³/mol. The van der Waals surface area contributed by atoms with Crippen LogP contribution in [0.1, 0.15) is 105 Å². The molecule has 0 spiro atoms. The summed E-state index contributed by atoms with van der Waals surface area (Å²) in [7, 11) is 0. The first-order valence-electron chi connectivity index (χ1n) is 13.5. The molecule has 3 nitrogen and oxygen atoms in total. The quantitative estimate of drug-likeness (QED) is 0.424. The molecule has 5 saturated carbocycles. The zero-order chi connectivity index (χ0) is 23.5. The fourth-order valence-corrected chi connectivity index (χ4v) is 10.5. The number of aliphatic hydroxyl groups is 1. The van der Waals surface area contributed by atoms with Gasteiger partial charge in [-0.2, -0.15) is 0 Å². The Labute approximate surface area is 196 Å². The number of allylic oxidation sites excluding steroid dienone is 1. The molecular weight excluding hydrogens is 396 g/mol. The SMILES string of the molecule is C=CC.CC1C(O)CCC2(C)C1CCC1(C)C2CCC2C3CCCC3(C(=O)O)CC[C@]21C. The minimum atomic E-state index is -0.500. The number of carboxylic acids is 1. The van der Waals surface area contributed by atoms with E-state index in [2.05, 4.69) is 34.3 Å². The summed E-state index contributed by atoms with van der Waals surface area (Å²) >= 11 is 0. The number of aliphatic carboxylic acids is 1. The minimum Gasteiger partial charge on any atom is -0.481 e. The van der Waals surface area contributed by atoms with Crippen LogP contribution >= 0.6 is 0 Å². The fraction of sp³-hybridized carbons (Fsp3) is 0.897. The summed E-state index contributed by atoms with van der Waals surface area (Å²) in [4.78, 5) is 12.4. The number of aliphatic hydroxyl groups excluding tert-OH is 1. The zero-order valence-corrected chi connectivity index (χ0v) is 21.3. The number of fused-ring (bicyclic) bond motifs is 7. The molecule has 182 valence electrons. The molecule has 32 heavy (non-hydrogen) atoms. The average molecular weight is 445 g/mol. The molecule has 9 unspecified atom stereocenters. The number of rotatable bonds is 1. The summed E-state index contributed by atoms with van der Waals surface area (Å²) in [5.41, 5.74) is 0.516. The van der Waals surface area contributed by atoms with Crippen molar-refractivity contribution in [1.82, 2.24) is 0 Å². The Hall–Kier alpha value is -0.830. The van der Waals surface area contributed by atoms with Gasteiger partial charge in [-0.15, -0.1) is 6.58 Å². The van der Waals surface area contributed by atoms with Crippen molar-refractivity contribution in [2.75, 3.05) is 0 Å². The van der Waals surface area contributed by atoms with Gasteiger partial charge >= 0.3 is 5.97 Å². The van der Waals surface area contributed by atoms with Crippen LogP contribution in [0.4, 0.5) is 0 Å². The first kappa shape index (κ1) is 24.3. The first-order chi connectivity index (χ1) is 15.0. The molecule has 0 aliphatic heterocycles. The fourth-order valence-electron chi connectivity index (χ4n) is 10.5. The van der Waals surface area contributed by atoms with Gasteiger partial charge in [0.2, 0.25) is 0 Å². The standard InChI is InChI=1S/C26H42O3.C3H6/c1-16-17-9-13-25(4)21(23(17,2)12-10-20(16)27)8-7-18-19-6-5-11-26(19,22(28)29)15-14-24(18,25)3;1-3-2/h16-21,27H,5-15H2,1-4H3,(H,28,29);3H,1H2,2H3/t16?,17?,18?,19?,20?,21?,23?,24-,25?,26?;/m1./s1. The van der Waals surface area contributed by atoms with Crippen LogP contribution in [0.25, 0.3) is 0 Å². The molecule has 3 heteroatoms. The number of hydrogen-bond donors (Lipinski definition) is 2. The first-order valence-corrected chi connectivity index (χ1v) is 13.5. The highest BCUT2D eigenvalue weighted by atomic mass is 16.4. The van der Waals surface area contributed by atoms with Gasteiger partial charge in [0.15, 0.2) is 0 Å². The van der Waals surface area contributed by atoms with Crippen LogP contribution in [0.2, 0.25) is 0 Å². The van der Waals surface area contributed by atoms with Crippen molar-refractivity contribution in [3.63, 3.8) is 0 Å². The Bertz CT molecular complexity index is 747. The van der Waals surface area contributed by atoms with Crippen LogP contribution < -0.4 is 0 Å². The topological polar surface area (TPSA) is 57.5 Å². The van der Waals surface area contributed by atoms with Gasteiger partial charge in [0, 0.05) is 0 Å². The van der Waals surface area contributed by atoms with Gasteiger partial charge < -0.3 is 10.2 Å². The van der Waals surface area contributed by atoms with Gasteiger partial charge in [-0.05, 0) is 117 Å². The second-order valence-corrected chi connectivity index (χ2v) is 13.1. The molecule has 0 aromatic heterocycles. The third-order valence-electron chi connectivity index (χ3n) is 12.3.